The van der Waals surface area contributed by atoms with E-state index in [-0.39, 0.29) is 24.7 Å². The molecule has 0 aromatic heterocycles. The van der Waals surface area contributed by atoms with E-state index < -0.39 is 5.60 Å². The Morgan fingerprint density at radius 1 is 1.36 bits per heavy atom. The van der Waals surface area contributed by atoms with Crippen molar-refractivity contribution in [1.82, 2.24) is 4.90 Å². The third-order valence-electron chi connectivity index (χ3n) is 3.83. The van der Waals surface area contributed by atoms with Crippen LogP contribution in [0.15, 0.2) is 24.3 Å². The molecule has 1 saturated heterocycles. The number of halogens is 1. The molecule has 1 aromatic carbocycles. The first kappa shape index (κ1) is 17.1. The maximum Gasteiger partial charge on any atom is 0.410 e. The van der Waals surface area contributed by atoms with Crippen LogP contribution in [0.1, 0.15) is 45.2 Å². The molecule has 0 spiro atoms. The first-order valence-electron chi connectivity index (χ1n) is 7.68. The van der Waals surface area contributed by atoms with Crippen LogP contribution in [0.25, 0.3) is 0 Å². The first-order chi connectivity index (χ1) is 10.3. The number of amides is 1. The largest absolute Gasteiger partial charge is 0.444 e. The molecule has 1 aliphatic heterocycles. The fourth-order valence-electron chi connectivity index (χ4n) is 2.90. The van der Waals surface area contributed by atoms with Crippen molar-refractivity contribution in [2.45, 2.75) is 45.3 Å². The number of hydrogen-bond donors (Lipinski definition) is 1. The van der Waals surface area contributed by atoms with Crippen molar-refractivity contribution in [3.8, 4) is 0 Å². The summed E-state index contributed by atoms with van der Waals surface area (Å²) in [6.45, 7) is 6.26. The summed E-state index contributed by atoms with van der Waals surface area (Å²) in [7, 11) is 0. The molecule has 0 aliphatic carbocycles. The van der Waals surface area contributed by atoms with Crippen molar-refractivity contribution >= 4 is 17.7 Å². The van der Waals surface area contributed by atoms with Gasteiger partial charge < -0.3 is 14.7 Å². The van der Waals surface area contributed by atoms with Gasteiger partial charge in [0, 0.05) is 24.1 Å². The summed E-state index contributed by atoms with van der Waals surface area (Å²) >= 11 is 5.95. The zero-order valence-electron chi connectivity index (χ0n) is 13.4. The van der Waals surface area contributed by atoms with Crippen LogP contribution in [-0.2, 0) is 4.74 Å². The van der Waals surface area contributed by atoms with Crippen LogP contribution in [0.4, 0.5) is 4.79 Å². The van der Waals surface area contributed by atoms with E-state index in [1.54, 1.807) is 4.90 Å². The van der Waals surface area contributed by atoms with Gasteiger partial charge in [0.2, 0.25) is 0 Å². The van der Waals surface area contributed by atoms with Gasteiger partial charge in [0.1, 0.15) is 5.60 Å². The molecule has 1 fully saturated rings. The lowest BCUT2D eigenvalue weighted by Gasteiger charge is -2.41. The van der Waals surface area contributed by atoms with Crippen LogP contribution in [-0.4, -0.2) is 34.9 Å². The van der Waals surface area contributed by atoms with Crippen LogP contribution in [0, 0.1) is 5.92 Å². The Kier molecular flexibility index (Phi) is 5.35. The van der Waals surface area contributed by atoms with Crippen molar-refractivity contribution in [1.29, 1.82) is 0 Å². The molecule has 1 heterocycles. The SMILES string of the molecule is CC(C)(C)OC(=O)N1CCC[C@H](CO)[C@H]1c1ccc(Cl)cc1. The van der Waals surface area contributed by atoms with Gasteiger partial charge in [-0.05, 0) is 51.3 Å². The highest BCUT2D eigenvalue weighted by atomic mass is 35.5. The summed E-state index contributed by atoms with van der Waals surface area (Å²) in [6, 6.07) is 7.28. The third-order valence-corrected chi connectivity index (χ3v) is 4.08. The number of hydrogen-bond acceptors (Lipinski definition) is 3. The Bertz CT molecular complexity index is 510. The molecule has 5 heteroatoms. The Hall–Kier alpha value is -1.26. The van der Waals surface area contributed by atoms with Crippen LogP contribution in [0.2, 0.25) is 5.02 Å². The highest BCUT2D eigenvalue weighted by Crippen LogP contribution is 2.37. The summed E-state index contributed by atoms with van der Waals surface area (Å²) in [5.74, 6) is 0.0162. The van der Waals surface area contributed by atoms with E-state index in [0.29, 0.717) is 11.6 Å². The standard InChI is InChI=1S/C17H24ClNO3/c1-17(2,3)22-16(21)19-10-4-5-13(11-20)15(19)12-6-8-14(18)9-7-12/h6-9,13,15,20H,4-5,10-11H2,1-3H3/t13-,15-/m1/s1. The number of carbonyl (C=O) groups excluding carboxylic acids is 1. The molecule has 122 valence electrons. The maximum absolute atomic E-state index is 12.5. The fraction of sp³-hybridized carbons (Fsp3) is 0.588. The van der Waals surface area contributed by atoms with Crippen LogP contribution in [0.5, 0.6) is 0 Å². The highest BCUT2D eigenvalue weighted by Gasteiger charge is 2.37. The van der Waals surface area contributed by atoms with Crippen molar-refractivity contribution in [3.05, 3.63) is 34.9 Å². The molecule has 1 N–H and O–H groups in total. The number of ether oxygens (including phenoxy) is 1. The van der Waals surface area contributed by atoms with Gasteiger partial charge in [0.05, 0.1) is 6.04 Å². The maximum atomic E-state index is 12.5. The predicted molar refractivity (Wildman–Crippen MR) is 86.9 cm³/mol. The molecule has 1 aromatic rings. The van der Waals surface area contributed by atoms with Crippen LogP contribution in [0.3, 0.4) is 0 Å². The third kappa shape index (κ3) is 4.14. The summed E-state index contributed by atoms with van der Waals surface area (Å²) in [4.78, 5) is 14.3. The van der Waals surface area contributed by atoms with Gasteiger partial charge in [-0.1, -0.05) is 23.7 Å². The number of piperidine rings is 1. The van der Waals surface area contributed by atoms with E-state index in [4.69, 9.17) is 16.3 Å². The fourth-order valence-corrected chi connectivity index (χ4v) is 3.03. The van der Waals surface area contributed by atoms with E-state index in [0.717, 1.165) is 18.4 Å². The summed E-state index contributed by atoms with van der Waals surface area (Å²) in [6.07, 6.45) is 1.43. The zero-order chi connectivity index (χ0) is 16.3. The number of aliphatic hydroxyl groups excluding tert-OH is 1. The first-order valence-corrected chi connectivity index (χ1v) is 8.05. The van der Waals surface area contributed by atoms with E-state index in [1.807, 2.05) is 45.0 Å². The van der Waals surface area contributed by atoms with Crippen LogP contribution < -0.4 is 0 Å². The van der Waals surface area contributed by atoms with Gasteiger partial charge in [-0.3, -0.25) is 0 Å². The van der Waals surface area contributed by atoms with Gasteiger partial charge >= 0.3 is 6.09 Å². The zero-order valence-corrected chi connectivity index (χ0v) is 14.1. The topological polar surface area (TPSA) is 49.8 Å². The second kappa shape index (κ2) is 6.88. The second-order valence-corrected chi connectivity index (χ2v) is 7.19. The molecule has 1 amide bonds. The summed E-state index contributed by atoms with van der Waals surface area (Å²) in [5, 5.41) is 10.4. The minimum Gasteiger partial charge on any atom is -0.444 e. The Balaban J connectivity index is 2.28. The molecule has 2 atom stereocenters. The Morgan fingerprint density at radius 2 is 2.00 bits per heavy atom. The lowest BCUT2D eigenvalue weighted by Crippen LogP contribution is -2.46. The van der Waals surface area contributed by atoms with E-state index in [9.17, 15) is 9.90 Å². The number of rotatable bonds is 2. The minimum atomic E-state index is -0.534. The van der Waals surface area contributed by atoms with Crippen molar-refractivity contribution in [2.24, 2.45) is 5.92 Å². The van der Waals surface area contributed by atoms with Crippen LogP contribution >= 0.6 is 11.6 Å². The van der Waals surface area contributed by atoms with Gasteiger partial charge in [-0.15, -0.1) is 0 Å². The minimum absolute atomic E-state index is 0.0162. The van der Waals surface area contributed by atoms with Crippen molar-refractivity contribution in [3.63, 3.8) is 0 Å². The normalized spacial score (nSPS) is 22.5. The lowest BCUT2D eigenvalue weighted by atomic mass is 9.85. The second-order valence-electron chi connectivity index (χ2n) is 6.76. The molecular formula is C17H24ClNO3. The number of carbonyl (C=O) groups is 1. The lowest BCUT2D eigenvalue weighted by molar-refractivity contribution is -0.00724. The van der Waals surface area contributed by atoms with Gasteiger partial charge in [0.15, 0.2) is 0 Å². The Labute approximate surface area is 137 Å². The summed E-state index contributed by atoms with van der Waals surface area (Å²) < 4.78 is 5.52. The van der Waals surface area contributed by atoms with Gasteiger partial charge in [-0.2, -0.15) is 0 Å². The molecule has 0 saturated carbocycles. The Morgan fingerprint density at radius 3 is 2.55 bits per heavy atom. The monoisotopic (exact) mass is 325 g/mol. The number of benzene rings is 1. The average Bonchev–Trinajstić information content (AvgIpc) is 2.45. The highest BCUT2D eigenvalue weighted by molar-refractivity contribution is 6.30. The predicted octanol–water partition coefficient (Wildman–Crippen LogP) is 4.02. The van der Waals surface area contributed by atoms with Gasteiger partial charge in [-0.25, -0.2) is 4.79 Å². The molecule has 0 radical (unpaired) electrons. The van der Waals surface area contributed by atoms with Crippen molar-refractivity contribution in [2.75, 3.05) is 13.2 Å². The molecule has 0 unspecified atom stereocenters. The van der Waals surface area contributed by atoms with E-state index in [2.05, 4.69) is 0 Å². The molecule has 4 nitrogen and oxygen atoms in total. The van der Waals surface area contributed by atoms with E-state index in [1.165, 1.54) is 0 Å². The number of likely N-dealkylation sites (tertiary alicyclic amines) is 1. The number of nitrogens with zero attached hydrogens (tertiary/aromatic N) is 1. The molecule has 1 aliphatic rings. The molecular weight excluding hydrogens is 302 g/mol. The van der Waals surface area contributed by atoms with Gasteiger partial charge in [0.25, 0.3) is 0 Å². The summed E-state index contributed by atoms with van der Waals surface area (Å²) in [5.41, 5.74) is 0.447. The number of aliphatic hydroxyl groups is 1. The average molecular weight is 326 g/mol. The van der Waals surface area contributed by atoms with Crippen molar-refractivity contribution < 1.29 is 14.6 Å². The smallest absolute Gasteiger partial charge is 0.410 e. The van der Waals surface area contributed by atoms with E-state index >= 15 is 0 Å². The molecule has 0 bridgehead atoms. The molecule has 2 rings (SSSR count). The quantitative estimate of drug-likeness (QED) is 0.893. The molecule has 22 heavy (non-hydrogen) atoms.